The Bertz CT molecular complexity index is 1120. The van der Waals surface area contributed by atoms with Crippen LogP contribution >= 0.6 is 0 Å². The van der Waals surface area contributed by atoms with Crippen molar-refractivity contribution in [1.82, 2.24) is 0 Å². The van der Waals surface area contributed by atoms with Crippen LogP contribution in [0.15, 0.2) is 97.1 Å². The van der Waals surface area contributed by atoms with Crippen LogP contribution in [0, 0.1) is 0 Å². The van der Waals surface area contributed by atoms with Crippen molar-refractivity contribution in [2.75, 3.05) is 11.5 Å². The summed E-state index contributed by atoms with van der Waals surface area (Å²) < 4.78 is 0. The largest absolute Gasteiger partial charge is 0.399 e. The lowest BCUT2D eigenvalue weighted by molar-refractivity contribution is 0.103. The van der Waals surface area contributed by atoms with Gasteiger partial charge in [0.25, 0.3) is 0 Å². The minimum atomic E-state index is -0.0592. The molecule has 3 heteroatoms. The van der Waals surface area contributed by atoms with Crippen molar-refractivity contribution in [1.29, 1.82) is 0 Å². The first kappa shape index (κ1) is 17.6. The van der Waals surface area contributed by atoms with E-state index in [1.54, 1.807) is 30.3 Å². The van der Waals surface area contributed by atoms with Gasteiger partial charge in [0.1, 0.15) is 0 Å². The van der Waals surface area contributed by atoms with Gasteiger partial charge in [0, 0.05) is 33.6 Å². The highest BCUT2D eigenvalue weighted by Crippen LogP contribution is 2.39. The van der Waals surface area contributed by atoms with Gasteiger partial charge < -0.3 is 11.5 Å². The zero-order valence-corrected chi connectivity index (χ0v) is 15.3. The SMILES string of the molecule is Nc1ccc(C(=O)c2ccc(N)c(-c3ccccc3)c2-c2ccccc2)cc1. The fourth-order valence-corrected chi connectivity index (χ4v) is 3.42. The molecule has 0 saturated carbocycles. The number of carbonyl (C=O) groups is 1. The highest BCUT2D eigenvalue weighted by atomic mass is 16.1. The maximum atomic E-state index is 13.4. The first-order chi connectivity index (χ1) is 13.6. The van der Waals surface area contributed by atoms with Crippen LogP contribution in [0.5, 0.6) is 0 Å². The van der Waals surface area contributed by atoms with Crippen molar-refractivity contribution >= 4 is 17.2 Å². The van der Waals surface area contributed by atoms with Gasteiger partial charge >= 0.3 is 0 Å². The number of anilines is 2. The molecule has 0 saturated heterocycles. The van der Waals surface area contributed by atoms with Gasteiger partial charge in [0.05, 0.1) is 0 Å². The Morgan fingerprint density at radius 2 is 1.11 bits per heavy atom. The minimum absolute atomic E-state index is 0.0592. The Labute approximate surface area is 164 Å². The van der Waals surface area contributed by atoms with Crippen molar-refractivity contribution in [3.63, 3.8) is 0 Å². The van der Waals surface area contributed by atoms with E-state index in [9.17, 15) is 4.79 Å². The molecule has 3 nitrogen and oxygen atoms in total. The molecule has 0 fully saturated rings. The molecule has 4 aromatic rings. The number of rotatable bonds is 4. The van der Waals surface area contributed by atoms with Crippen molar-refractivity contribution < 1.29 is 4.79 Å². The molecule has 136 valence electrons. The molecule has 4 N–H and O–H groups in total. The topological polar surface area (TPSA) is 69.1 Å². The predicted molar refractivity (Wildman–Crippen MR) is 116 cm³/mol. The number of carbonyl (C=O) groups excluding carboxylic acids is 1. The van der Waals surface area contributed by atoms with Crippen molar-refractivity contribution in [3.05, 3.63) is 108 Å². The average molecular weight is 364 g/mol. The van der Waals surface area contributed by atoms with Gasteiger partial charge in [-0.05, 0) is 47.5 Å². The van der Waals surface area contributed by atoms with Crippen molar-refractivity contribution in [2.45, 2.75) is 0 Å². The first-order valence-electron chi connectivity index (χ1n) is 9.08. The Balaban J connectivity index is 1.99. The van der Waals surface area contributed by atoms with E-state index in [1.807, 2.05) is 66.7 Å². The van der Waals surface area contributed by atoms with E-state index in [4.69, 9.17) is 11.5 Å². The molecule has 0 spiro atoms. The number of nitrogen functional groups attached to an aromatic ring is 2. The number of benzene rings is 4. The van der Waals surface area contributed by atoms with Crippen LogP contribution in [0.1, 0.15) is 15.9 Å². The van der Waals surface area contributed by atoms with Gasteiger partial charge in [0.2, 0.25) is 0 Å². The second-order valence-corrected chi connectivity index (χ2v) is 6.64. The lowest BCUT2D eigenvalue weighted by Crippen LogP contribution is -2.06. The molecule has 0 aromatic heterocycles. The maximum Gasteiger partial charge on any atom is 0.193 e. The molecule has 0 atom stereocenters. The molecular weight excluding hydrogens is 344 g/mol. The summed E-state index contributed by atoms with van der Waals surface area (Å²) in [5, 5.41) is 0. The van der Waals surface area contributed by atoms with Crippen molar-refractivity contribution in [2.24, 2.45) is 0 Å². The van der Waals surface area contributed by atoms with E-state index in [0.29, 0.717) is 22.5 Å². The van der Waals surface area contributed by atoms with Gasteiger partial charge in [-0.25, -0.2) is 0 Å². The van der Waals surface area contributed by atoms with Gasteiger partial charge in [-0.15, -0.1) is 0 Å². The van der Waals surface area contributed by atoms with Crippen LogP contribution in [0.25, 0.3) is 22.3 Å². The summed E-state index contributed by atoms with van der Waals surface area (Å²) >= 11 is 0. The average Bonchev–Trinajstić information content (AvgIpc) is 2.75. The smallest absolute Gasteiger partial charge is 0.193 e. The van der Waals surface area contributed by atoms with Crippen LogP contribution in [0.2, 0.25) is 0 Å². The van der Waals surface area contributed by atoms with E-state index < -0.39 is 0 Å². The number of ketones is 1. The van der Waals surface area contributed by atoms with Crippen LogP contribution in [0.3, 0.4) is 0 Å². The standard InChI is InChI=1S/C25H20N2O/c26-20-13-11-19(12-14-20)25(28)21-15-16-22(27)24(18-9-5-2-6-10-18)23(21)17-7-3-1-4-8-17/h1-16H,26-27H2. The summed E-state index contributed by atoms with van der Waals surface area (Å²) in [6, 6.07) is 30.4. The summed E-state index contributed by atoms with van der Waals surface area (Å²) in [5.74, 6) is -0.0592. The van der Waals surface area contributed by atoms with Crippen LogP contribution in [-0.4, -0.2) is 5.78 Å². The van der Waals surface area contributed by atoms with Gasteiger partial charge in [0.15, 0.2) is 5.78 Å². The Kier molecular flexibility index (Phi) is 4.65. The molecule has 0 aliphatic heterocycles. The lowest BCUT2D eigenvalue weighted by atomic mass is 9.86. The second-order valence-electron chi connectivity index (χ2n) is 6.64. The third-order valence-electron chi connectivity index (χ3n) is 4.78. The summed E-state index contributed by atoms with van der Waals surface area (Å²) in [6.45, 7) is 0. The Morgan fingerprint density at radius 3 is 1.68 bits per heavy atom. The van der Waals surface area contributed by atoms with Gasteiger partial charge in [-0.1, -0.05) is 60.7 Å². The van der Waals surface area contributed by atoms with E-state index in [2.05, 4.69) is 0 Å². The summed E-state index contributed by atoms with van der Waals surface area (Å²) in [5.41, 5.74) is 18.3. The van der Waals surface area contributed by atoms with E-state index in [0.717, 1.165) is 22.3 Å². The number of hydrogen-bond acceptors (Lipinski definition) is 3. The second kappa shape index (κ2) is 7.41. The van der Waals surface area contributed by atoms with E-state index in [-0.39, 0.29) is 5.78 Å². The monoisotopic (exact) mass is 364 g/mol. The fourth-order valence-electron chi connectivity index (χ4n) is 3.42. The zero-order valence-electron chi connectivity index (χ0n) is 15.3. The van der Waals surface area contributed by atoms with Gasteiger partial charge in [-0.2, -0.15) is 0 Å². The predicted octanol–water partition coefficient (Wildman–Crippen LogP) is 5.42. The molecule has 28 heavy (non-hydrogen) atoms. The van der Waals surface area contributed by atoms with Crippen LogP contribution in [0.4, 0.5) is 11.4 Å². The molecule has 4 rings (SSSR count). The van der Waals surface area contributed by atoms with Crippen molar-refractivity contribution in [3.8, 4) is 22.3 Å². The lowest BCUT2D eigenvalue weighted by Gasteiger charge is -2.17. The van der Waals surface area contributed by atoms with Crippen LogP contribution in [-0.2, 0) is 0 Å². The molecule has 4 aromatic carbocycles. The normalized spacial score (nSPS) is 10.6. The molecule has 0 heterocycles. The number of hydrogen-bond donors (Lipinski definition) is 2. The Morgan fingerprint density at radius 1 is 0.571 bits per heavy atom. The highest BCUT2D eigenvalue weighted by molar-refractivity contribution is 6.15. The molecular formula is C25H20N2O. The summed E-state index contributed by atoms with van der Waals surface area (Å²) in [4.78, 5) is 13.4. The third-order valence-corrected chi connectivity index (χ3v) is 4.78. The maximum absolute atomic E-state index is 13.4. The molecule has 0 unspecified atom stereocenters. The minimum Gasteiger partial charge on any atom is -0.399 e. The zero-order chi connectivity index (χ0) is 19.5. The molecule has 0 amide bonds. The fraction of sp³-hybridized carbons (Fsp3) is 0. The summed E-state index contributed by atoms with van der Waals surface area (Å²) in [7, 11) is 0. The Hall–Kier alpha value is -3.85. The first-order valence-corrected chi connectivity index (χ1v) is 9.08. The molecule has 0 bridgehead atoms. The number of nitrogens with two attached hydrogens (primary N) is 2. The molecule has 0 aliphatic carbocycles. The molecule has 0 radical (unpaired) electrons. The summed E-state index contributed by atoms with van der Waals surface area (Å²) in [6.07, 6.45) is 0. The quantitative estimate of drug-likeness (QED) is 0.375. The third kappa shape index (κ3) is 3.26. The van der Waals surface area contributed by atoms with Gasteiger partial charge in [-0.3, -0.25) is 4.79 Å². The molecule has 0 aliphatic rings. The van der Waals surface area contributed by atoms with Crippen LogP contribution < -0.4 is 11.5 Å². The van der Waals surface area contributed by atoms with E-state index in [1.165, 1.54) is 0 Å². The highest BCUT2D eigenvalue weighted by Gasteiger charge is 2.20. The van der Waals surface area contributed by atoms with E-state index >= 15 is 0 Å².